The zero-order chi connectivity index (χ0) is 11.7. The summed E-state index contributed by atoms with van der Waals surface area (Å²) in [6.45, 7) is 0. The zero-order valence-corrected chi connectivity index (χ0v) is 8.14. The molecule has 6 heteroatoms. The summed E-state index contributed by atoms with van der Waals surface area (Å²) >= 11 is 0. The van der Waals surface area contributed by atoms with Gasteiger partial charge in [0, 0.05) is 17.8 Å². The number of H-pyrrole nitrogens is 1. The Balaban J connectivity index is 2.79. The highest BCUT2D eigenvalue weighted by Gasteiger charge is 2.08. The molecule has 0 unspecified atom stereocenters. The standard InChI is InChI=1S/C10H8N2O4/c13-8-3-1-2-7-11-5-6(4-9(14)15)10(16)12(7)8/h1-3,5,11H,4H2,(H,14,15). The molecular formula is C10H8N2O4. The van der Waals surface area contributed by atoms with Crippen LogP contribution in [0, 0.1) is 0 Å². The lowest BCUT2D eigenvalue weighted by atomic mass is 10.2. The van der Waals surface area contributed by atoms with Crippen molar-refractivity contribution in [3.8, 4) is 0 Å². The normalized spacial score (nSPS) is 10.5. The van der Waals surface area contributed by atoms with Crippen LogP contribution in [-0.4, -0.2) is 20.5 Å². The SMILES string of the molecule is O=C(O)Cc1c[nH]c2cccc(=O)n2c1=O. The van der Waals surface area contributed by atoms with E-state index in [1.165, 1.54) is 18.3 Å². The van der Waals surface area contributed by atoms with Crippen molar-refractivity contribution < 1.29 is 9.90 Å². The molecule has 0 aliphatic rings. The van der Waals surface area contributed by atoms with Crippen LogP contribution in [0.4, 0.5) is 0 Å². The Morgan fingerprint density at radius 3 is 2.81 bits per heavy atom. The van der Waals surface area contributed by atoms with Crippen molar-refractivity contribution in [1.82, 2.24) is 9.38 Å². The molecule has 0 bridgehead atoms. The second kappa shape index (κ2) is 3.65. The predicted molar refractivity (Wildman–Crippen MR) is 55.6 cm³/mol. The predicted octanol–water partition coefficient (Wildman–Crippen LogP) is -0.385. The van der Waals surface area contributed by atoms with Crippen LogP contribution in [0.25, 0.3) is 5.65 Å². The third kappa shape index (κ3) is 1.60. The number of fused-ring (bicyclic) bond motifs is 1. The molecule has 0 fully saturated rings. The van der Waals surface area contributed by atoms with Gasteiger partial charge >= 0.3 is 5.97 Å². The molecule has 82 valence electrons. The van der Waals surface area contributed by atoms with Crippen molar-refractivity contribution in [3.05, 3.63) is 50.7 Å². The van der Waals surface area contributed by atoms with E-state index >= 15 is 0 Å². The first-order valence-corrected chi connectivity index (χ1v) is 4.54. The first-order valence-electron chi connectivity index (χ1n) is 4.54. The summed E-state index contributed by atoms with van der Waals surface area (Å²) in [6, 6.07) is 4.32. The molecule has 2 aromatic heterocycles. The van der Waals surface area contributed by atoms with Gasteiger partial charge in [-0.05, 0) is 6.07 Å². The highest BCUT2D eigenvalue weighted by Crippen LogP contribution is 1.95. The van der Waals surface area contributed by atoms with E-state index in [9.17, 15) is 14.4 Å². The molecule has 0 aromatic carbocycles. The Morgan fingerprint density at radius 1 is 1.38 bits per heavy atom. The summed E-state index contributed by atoms with van der Waals surface area (Å²) in [4.78, 5) is 36.4. The van der Waals surface area contributed by atoms with Crippen molar-refractivity contribution in [2.45, 2.75) is 6.42 Å². The number of rotatable bonds is 2. The van der Waals surface area contributed by atoms with Gasteiger partial charge < -0.3 is 10.1 Å². The second-order valence-electron chi connectivity index (χ2n) is 3.27. The minimum Gasteiger partial charge on any atom is -0.481 e. The molecule has 0 atom stereocenters. The van der Waals surface area contributed by atoms with Gasteiger partial charge in [-0.15, -0.1) is 0 Å². The average Bonchev–Trinajstić information content (AvgIpc) is 2.22. The van der Waals surface area contributed by atoms with Crippen molar-refractivity contribution >= 4 is 11.6 Å². The summed E-state index contributed by atoms with van der Waals surface area (Å²) in [5.74, 6) is -1.12. The van der Waals surface area contributed by atoms with E-state index in [1.807, 2.05) is 0 Å². The number of pyridine rings is 1. The van der Waals surface area contributed by atoms with E-state index in [-0.39, 0.29) is 5.56 Å². The van der Waals surface area contributed by atoms with Crippen LogP contribution in [0.1, 0.15) is 5.56 Å². The lowest BCUT2D eigenvalue weighted by molar-refractivity contribution is -0.136. The Labute approximate surface area is 88.8 Å². The maximum atomic E-state index is 11.8. The molecule has 2 N–H and O–H groups in total. The number of hydrogen-bond donors (Lipinski definition) is 2. The summed E-state index contributed by atoms with van der Waals surface area (Å²) in [7, 11) is 0. The van der Waals surface area contributed by atoms with Crippen LogP contribution >= 0.6 is 0 Å². The first kappa shape index (κ1) is 10.2. The molecular weight excluding hydrogens is 212 g/mol. The van der Waals surface area contributed by atoms with E-state index in [4.69, 9.17) is 5.11 Å². The van der Waals surface area contributed by atoms with Crippen molar-refractivity contribution in [1.29, 1.82) is 0 Å². The molecule has 2 rings (SSSR count). The van der Waals surface area contributed by atoms with Gasteiger partial charge in [0.05, 0.1) is 6.42 Å². The molecule has 0 saturated heterocycles. The van der Waals surface area contributed by atoms with Crippen LogP contribution in [0.15, 0.2) is 34.0 Å². The molecule has 0 saturated carbocycles. The molecule has 0 radical (unpaired) electrons. The zero-order valence-electron chi connectivity index (χ0n) is 8.14. The van der Waals surface area contributed by atoms with E-state index in [0.717, 1.165) is 4.40 Å². The fourth-order valence-corrected chi connectivity index (χ4v) is 1.47. The van der Waals surface area contributed by atoms with E-state index < -0.39 is 23.5 Å². The summed E-state index contributed by atoms with van der Waals surface area (Å²) in [6.07, 6.45) is 0.901. The maximum absolute atomic E-state index is 11.8. The topological polar surface area (TPSA) is 91.6 Å². The van der Waals surface area contributed by atoms with Gasteiger partial charge in [0.2, 0.25) is 0 Å². The molecule has 2 heterocycles. The number of carboxylic acids is 1. The number of carbonyl (C=O) groups is 1. The quantitative estimate of drug-likeness (QED) is 0.721. The molecule has 16 heavy (non-hydrogen) atoms. The highest BCUT2D eigenvalue weighted by atomic mass is 16.4. The van der Waals surface area contributed by atoms with Gasteiger partial charge in [-0.1, -0.05) is 6.07 Å². The number of aliphatic carboxylic acids is 1. The largest absolute Gasteiger partial charge is 0.481 e. The number of aromatic amines is 1. The Morgan fingerprint density at radius 2 is 2.12 bits per heavy atom. The maximum Gasteiger partial charge on any atom is 0.308 e. The van der Waals surface area contributed by atoms with Crippen LogP contribution in [-0.2, 0) is 11.2 Å². The van der Waals surface area contributed by atoms with Crippen LogP contribution in [0.3, 0.4) is 0 Å². The van der Waals surface area contributed by atoms with E-state index in [1.54, 1.807) is 6.07 Å². The number of nitrogens with one attached hydrogen (secondary N) is 1. The lowest BCUT2D eigenvalue weighted by Gasteiger charge is -2.01. The van der Waals surface area contributed by atoms with Gasteiger partial charge in [-0.3, -0.25) is 14.4 Å². The summed E-state index contributed by atoms with van der Waals surface area (Å²) in [5.41, 5.74) is -0.687. The van der Waals surface area contributed by atoms with Gasteiger partial charge in [0.15, 0.2) is 0 Å². The van der Waals surface area contributed by atoms with Crippen molar-refractivity contribution in [2.24, 2.45) is 0 Å². The Hall–Kier alpha value is -2.37. The molecule has 2 aromatic rings. The van der Waals surface area contributed by atoms with Crippen molar-refractivity contribution in [2.75, 3.05) is 0 Å². The number of hydrogen-bond acceptors (Lipinski definition) is 3. The van der Waals surface area contributed by atoms with Gasteiger partial charge in [0.1, 0.15) is 5.65 Å². The molecule has 6 nitrogen and oxygen atoms in total. The smallest absolute Gasteiger partial charge is 0.308 e. The number of carboxylic acid groups (broad SMARTS) is 1. The first-order chi connectivity index (χ1) is 7.59. The molecule has 0 aliphatic carbocycles. The minimum atomic E-state index is -1.12. The van der Waals surface area contributed by atoms with E-state index in [2.05, 4.69) is 4.98 Å². The molecule has 0 amide bonds. The molecule has 0 aliphatic heterocycles. The number of aromatic nitrogens is 2. The Bertz CT molecular complexity index is 668. The monoisotopic (exact) mass is 220 g/mol. The van der Waals surface area contributed by atoms with E-state index in [0.29, 0.717) is 5.65 Å². The summed E-state index contributed by atoms with van der Waals surface area (Å²) < 4.78 is 0.915. The van der Waals surface area contributed by atoms with Gasteiger partial charge in [-0.25, -0.2) is 4.40 Å². The fraction of sp³-hybridized carbons (Fsp3) is 0.100. The van der Waals surface area contributed by atoms with Gasteiger partial charge in [-0.2, -0.15) is 0 Å². The third-order valence-electron chi connectivity index (χ3n) is 2.17. The fourth-order valence-electron chi connectivity index (χ4n) is 1.47. The van der Waals surface area contributed by atoms with Crippen LogP contribution < -0.4 is 11.1 Å². The number of nitrogens with zero attached hydrogens (tertiary/aromatic N) is 1. The minimum absolute atomic E-state index is 0.0494. The Kier molecular flexibility index (Phi) is 2.32. The highest BCUT2D eigenvalue weighted by molar-refractivity contribution is 5.70. The van der Waals surface area contributed by atoms with Crippen molar-refractivity contribution in [3.63, 3.8) is 0 Å². The average molecular weight is 220 g/mol. The van der Waals surface area contributed by atoms with Crippen LogP contribution in [0.2, 0.25) is 0 Å². The molecule has 0 spiro atoms. The van der Waals surface area contributed by atoms with Gasteiger partial charge in [0.25, 0.3) is 11.1 Å². The second-order valence-corrected chi connectivity index (χ2v) is 3.27. The third-order valence-corrected chi connectivity index (χ3v) is 2.17. The van der Waals surface area contributed by atoms with Crippen LogP contribution in [0.5, 0.6) is 0 Å². The summed E-state index contributed by atoms with van der Waals surface area (Å²) in [5, 5.41) is 8.59. The lowest BCUT2D eigenvalue weighted by Crippen LogP contribution is -2.29.